The average Bonchev–Trinajstić information content (AvgIpc) is 3.38. The van der Waals surface area contributed by atoms with Gasteiger partial charge in [0.25, 0.3) is 0 Å². The topological polar surface area (TPSA) is 139 Å². The second-order valence-corrected chi connectivity index (χ2v) is 11.5. The number of amides is 2. The number of Topliss-reactive ketones (excluding diaryl/α,β-unsaturated/α-hetero) is 1. The van der Waals surface area contributed by atoms with Gasteiger partial charge < -0.3 is 26.0 Å². The molecule has 0 aromatic carbocycles. The van der Waals surface area contributed by atoms with Crippen LogP contribution in [-0.2, 0) is 24.0 Å². The number of carbonyl (C=O) groups excluding carboxylic acids is 5. The lowest BCUT2D eigenvalue weighted by molar-refractivity contribution is -0.129. The van der Waals surface area contributed by atoms with E-state index in [1.165, 1.54) is 51.2 Å². The van der Waals surface area contributed by atoms with Crippen LogP contribution in [0.15, 0.2) is 0 Å². The molecule has 3 atom stereocenters. The van der Waals surface area contributed by atoms with E-state index in [4.69, 9.17) is 9.59 Å². The SMILES string of the molecule is C=O.CC(=O)C(CC(C)C)NC(=O)C1CCCN1C.CCCC(CC)(CC)NC(C=O)C1CCCCC1.NC=O. The number of ketones is 1. The molecular weight excluding hydrogens is 508 g/mol. The molecule has 2 amide bonds. The van der Waals surface area contributed by atoms with Crippen LogP contribution >= 0.6 is 0 Å². The summed E-state index contributed by atoms with van der Waals surface area (Å²) in [6, 6.07) is -0.294. The summed E-state index contributed by atoms with van der Waals surface area (Å²) < 4.78 is 0. The van der Waals surface area contributed by atoms with Crippen LogP contribution in [-0.4, -0.2) is 73.3 Å². The van der Waals surface area contributed by atoms with Gasteiger partial charge in [-0.15, -0.1) is 0 Å². The normalized spacial score (nSPS) is 18.9. The highest BCUT2D eigenvalue weighted by molar-refractivity contribution is 5.89. The van der Waals surface area contributed by atoms with E-state index in [1.807, 2.05) is 13.8 Å². The standard InChI is InChI=1S/C16H31NO.C13H24N2O2.CH3NO.CH2O/c1-4-12-16(5-2,6-3)17-15(13-18)14-10-8-7-9-11-14;1-9(2)8-11(10(3)16)14-13(17)12-6-5-7-15(12)4;2-1-3;1-2/h13-15,17H,4-12H2,1-3H3;9,11-12H,5-8H2,1-4H3,(H,14,17);1H,(H2,2,3);1H2. The van der Waals surface area contributed by atoms with Crippen molar-refractivity contribution in [3.8, 4) is 0 Å². The van der Waals surface area contributed by atoms with Crippen molar-refractivity contribution in [2.45, 2.75) is 142 Å². The van der Waals surface area contributed by atoms with Crippen molar-refractivity contribution in [2.24, 2.45) is 17.6 Å². The Bertz CT molecular complexity index is 693. The van der Waals surface area contributed by atoms with Crippen LogP contribution in [0.4, 0.5) is 0 Å². The number of nitrogens with two attached hydrogens (primary N) is 1. The lowest BCUT2D eigenvalue weighted by Crippen LogP contribution is -2.53. The van der Waals surface area contributed by atoms with Gasteiger partial charge >= 0.3 is 0 Å². The molecule has 3 unspecified atom stereocenters. The van der Waals surface area contributed by atoms with Crippen LogP contribution in [0.1, 0.15) is 119 Å². The summed E-state index contributed by atoms with van der Waals surface area (Å²) in [5.41, 5.74) is 4.35. The Kier molecular flexibility index (Phi) is 23.6. The van der Waals surface area contributed by atoms with Gasteiger partial charge in [0, 0.05) is 5.54 Å². The first-order valence-electron chi connectivity index (χ1n) is 15.2. The van der Waals surface area contributed by atoms with E-state index in [1.54, 1.807) is 6.92 Å². The molecule has 2 aliphatic rings. The Morgan fingerprint density at radius 1 is 1.02 bits per heavy atom. The molecule has 2 fully saturated rings. The molecule has 0 aromatic rings. The number of hydrogen-bond donors (Lipinski definition) is 3. The number of nitrogens with one attached hydrogen (secondary N) is 2. The molecule has 40 heavy (non-hydrogen) atoms. The van der Waals surface area contributed by atoms with Crippen LogP contribution in [0.25, 0.3) is 0 Å². The van der Waals surface area contributed by atoms with Crippen LogP contribution in [0.5, 0.6) is 0 Å². The van der Waals surface area contributed by atoms with Crippen molar-refractivity contribution in [3.05, 3.63) is 0 Å². The van der Waals surface area contributed by atoms with Gasteiger partial charge in [-0.1, -0.05) is 60.3 Å². The van der Waals surface area contributed by atoms with E-state index >= 15 is 0 Å². The van der Waals surface area contributed by atoms with Gasteiger partial charge in [0.1, 0.15) is 13.1 Å². The Morgan fingerprint density at radius 2 is 1.57 bits per heavy atom. The second-order valence-electron chi connectivity index (χ2n) is 11.5. The minimum atomic E-state index is -0.323. The molecule has 1 saturated carbocycles. The fraction of sp³-hybridized carbons (Fsp3) is 0.839. The molecule has 0 radical (unpaired) electrons. The maximum absolute atomic E-state index is 12.0. The van der Waals surface area contributed by atoms with Gasteiger partial charge in [-0.25, -0.2) is 0 Å². The third-order valence-corrected chi connectivity index (χ3v) is 8.20. The van der Waals surface area contributed by atoms with E-state index in [9.17, 15) is 14.4 Å². The summed E-state index contributed by atoms with van der Waals surface area (Å²) >= 11 is 0. The predicted molar refractivity (Wildman–Crippen MR) is 163 cm³/mol. The van der Waals surface area contributed by atoms with E-state index in [0.717, 1.165) is 38.6 Å². The molecule has 0 spiro atoms. The van der Waals surface area contributed by atoms with E-state index in [2.05, 4.69) is 55.9 Å². The molecule has 0 bridgehead atoms. The van der Waals surface area contributed by atoms with Crippen LogP contribution in [0.3, 0.4) is 0 Å². The number of likely N-dealkylation sites (N-methyl/N-ethyl adjacent to an activating group) is 1. The van der Waals surface area contributed by atoms with Gasteiger partial charge in [0.15, 0.2) is 5.78 Å². The smallest absolute Gasteiger partial charge is 0.237 e. The number of aldehydes is 1. The molecule has 234 valence electrons. The van der Waals surface area contributed by atoms with Gasteiger partial charge in [0.2, 0.25) is 12.3 Å². The summed E-state index contributed by atoms with van der Waals surface area (Å²) in [5, 5.41) is 6.61. The summed E-state index contributed by atoms with van der Waals surface area (Å²) in [5.74, 6) is 1.04. The Labute approximate surface area is 244 Å². The lowest BCUT2D eigenvalue weighted by atomic mass is 9.81. The zero-order chi connectivity index (χ0) is 31.1. The van der Waals surface area contributed by atoms with Gasteiger partial charge in [-0.3, -0.25) is 19.3 Å². The zero-order valence-electron chi connectivity index (χ0n) is 26.5. The Hall–Kier alpha value is -2.13. The maximum atomic E-state index is 12.0. The molecule has 9 nitrogen and oxygen atoms in total. The minimum absolute atomic E-state index is 0.00542. The molecule has 1 aliphatic carbocycles. The Balaban J connectivity index is 0. The second kappa shape index (κ2) is 23.6. The van der Waals surface area contributed by atoms with E-state index in [-0.39, 0.29) is 41.8 Å². The van der Waals surface area contributed by atoms with Crippen LogP contribution in [0.2, 0.25) is 0 Å². The molecule has 4 N–H and O–H groups in total. The van der Waals surface area contributed by atoms with Crippen molar-refractivity contribution in [2.75, 3.05) is 13.6 Å². The van der Waals surface area contributed by atoms with Crippen molar-refractivity contribution in [1.29, 1.82) is 0 Å². The first-order chi connectivity index (χ1) is 19.0. The number of primary amides is 1. The van der Waals surface area contributed by atoms with Crippen molar-refractivity contribution < 1.29 is 24.0 Å². The van der Waals surface area contributed by atoms with E-state index in [0.29, 0.717) is 11.8 Å². The van der Waals surface area contributed by atoms with Crippen molar-refractivity contribution in [3.63, 3.8) is 0 Å². The zero-order valence-corrected chi connectivity index (χ0v) is 26.5. The molecular formula is C31H60N4O5. The summed E-state index contributed by atoms with van der Waals surface area (Å²) in [4.78, 5) is 53.6. The molecule has 1 heterocycles. The summed E-state index contributed by atoms with van der Waals surface area (Å²) in [7, 11) is 1.96. The molecule has 0 aromatic heterocycles. The minimum Gasteiger partial charge on any atom is -0.372 e. The third-order valence-electron chi connectivity index (χ3n) is 8.20. The summed E-state index contributed by atoms with van der Waals surface area (Å²) in [6.07, 6.45) is 15.1. The molecule has 9 heteroatoms. The van der Waals surface area contributed by atoms with Gasteiger partial charge in [0.05, 0.1) is 18.1 Å². The number of carbonyl (C=O) groups is 5. The fourth-order valence-electron chi connectivity index (χ4n) is 5.78. The number of hydrogen-bond acceptors (Lipinski definition) is 7. The average molecular weight is 569 g/mol. The monoisotopic (exact) mass is 568 g/mol. The number of nitrogens with zero attached hydrogens (tertiary/aromatic N) is 1. The largest absolute Gasteiger partial charge is 0.372 e. The third kappa shape index (κ3) is 15.6. The quantitative estimate of drug-likeness (QED) is 0.283. The first kappa shape index (κ1) is 40.0. The molecule has 1 aliphatic heterocycles. The molecule has 1 saturated heterocycles. The van der Waals surface area contributed by atoms with Gasteiger partial charge in [-0.2, -0.15) is 0 Å². The highest BCUT2D eigenvalue weighted by Crippen LogP contribution is 2.29. The van der Waals surface area contributed by atoms with Crippen LogP contribution in [0, 0.1) is 11.8 Å². The van der Waals surface area contributed by atoms with Crippen LogP contribution < -0.4 is 16.4 Å². The van der Waals surface area contributed by atoms with Gasteiger partial charge in [-0.05, 0) is 83.7 Å². The van der Waals surface area contributed by atoms with E-state index < -0.39 is 0 Å². The molecule has 2 rings (SSSR count). The lowest BCUT2D eigenvalue weighted by Gasteiger charge is -2.39. The van der Waals surface area contributed by atoms with Crippen molar-refractivity contribution in [1.82, 2.24) is 15.5 Å². The highest BCUT2D eigenvalue weighted by atomic mass is 16.2. The predicted octanol–water partition coefficient (Wildman–Crippen LogP) is 4.20. The van der Waals surface area contributed by atoms with Crippen molar-refractivity contribution >= 4 is 31.2 Å². The number of rotatable bonds is 13. The first-order valence-corrected chi connectivity index (χ1v) is 15.2. The Morgan fingerprint density at radius 3 is 1.95 bits per heavy atom. The fourth-order valence-corrected chi connectivity index (χ4v) is 5.78. The summed E-state index contributed by atoms with van der Waals surface area (Å²) in [6.45, 7) is 15.4. The highest BCUT2D eigenvalue weighted by Gasteiger charge is 2.32. The number of likely N-dealkylation sites (tertiary alicyclic amines) is 1. The maximum Gasteiger partial charge on any atom is 0.237 e.